The normalized spacial score (nSPS) is 19.1. The predicted octanol–water partition coefficient (Wildman–Crippen LogP) is 2.61. The van der Waals surface area contributed by atoms with Crippen LogP contribution < -0.4 is 0 Å². The average Bonchev–Trinajstić information content (AvgIpc) is 2.66. The van der Waals surface area contributed by atoms with Gasteiger partial charge in [0.15, 0.2) is 6.10 Å². The number of aliphatic hydroxyl groups is 1. The second-order valence-corrected chi connectivity index (χ2v) is 4.78. The van der Waals surface area contributed by atoms with E-state index in [1.165, 1.54) is 0 Å². The lowest BCUT2D eigenvalue weighted by Crippen LogP contribution is -2.35. The van der Waals surface area contributed by atoms with E-state index in [1.54, 1.807) is 12.1 Å². The standard InChI is InChI=1S/C13H12F3NO/c14-13(15,16)11(18)7-12(8-17)5-9-3-1-2-4-10(9)6-12/h1-4,11,18H,5-7H2. The maximum Gasteiger partial charge on any atom is 0.414 e. The predicted molar refractivity (Wildman–Crippen MR) is 58.6 cm³/mol. The van der Waals surface area contributed by atoms with Crippen molar-refractivity contribution in [2.75, 3.05) is 0 Å². The Morgan fingerprint density at radius 3 is 2.17 bits per heavy atom. The highest BCUT2D eigenvalue weighted by Crippen LogP contribution is 2.42. The molecule has 1 N–H and O–H groups in total. The Balaban J connectivity index is 2.20. The van der Waals surface area contributed by atoms with Gasteiger partial charge in [-0.05, 0) is 24.0 Å². The number of nitrogens with zero attached hydrogens (tertiary/aromatic N) is 1. The van der Waals surface area contributed by atoms with Gasteiger partial charge in [0.2, 0.25) is 0 Å². The molecule has 1 aromatic rings. The molecule has 0 amide bonds. The molecule has 1 atom stereocenters. The topological polar surface area (TPSA) is 44.0 Å². The Bertz CT molecular complexity index is 465. The van der Waals surface area contributed by atoms with Crippen molar-refractivity contribution in [2.24, 2.45) is 5.41 Å². The Morgan fingerprint density at radius 1 is 1.28 bits per heavy atom. The number of hydrogen-bond donors (Lipinski definition) is 1. The number of halogens is 3. The second kappa shape index (κ2) is 4.29. The molecule has 0 aliphatic heterocycles. The van der Waals surface area contributed by atoms with Crippen LogP contribution in [0.15, 0.2) is 24.3 Å². The van der Waals surface area contributed by atoms with Gasteiger partial charge in [-0.15, -0.1) is 0 Å². The summed E-state index contributed by atoms with van der Waals surface area (Å²) in [6.07, 6.45) is -7.13. The first-order valence-corrected chi connectivity index (χ1v) is 5.59. The first-order chi connectivity index (χ1) is 8.36. The number of benzene rings is 1. The summed E-state index contributed by atoms with van der Waals surface area (Å²) in [5, 5.41) is 18.3. The van der Waals surface area contributed by atoms with Gasteiger partial charge in [0, 0.05) is 6.42 Å². The van der Waals surface area contributed by atoms with Crippen LogP contribution in [0.5, 0.6) is 0 Å². The second-order valence-electron chi connectivity index (χ2n) is 4.78. The zero-order chi connectivity index (χ0) is 13.4. The van der Waals surface area contributed by atoms with Crippen LogP contribution in [0, 0.1) is 16.7 Å². The summed E-state index contributed by atoms with van der Waals surface area (Å²) in [6, 6.07) is 9.19. The summed E-state index contributed by atoms with van der Waals surface area (Å²) in [6.45, 7) is 0. The number of fused-ring (bicyclic) bond motifs is 1. The molecule has 0 spiro atoms. The lowest BCUT2D eigenvalue weighted by molar-refractivity contribution is -0.210. The Hall–Kier alpha value is -1.54. The first-order valence-electron chi connectivity index (χ1n) is 5.59. The number of rotatable bonds is 2. The molecule has 0 aromatic heterocycles. The minimum atomic E-state index is -4.67. The molecule has 18 heavy (non-hydrogen) atoms. The molecular weight excluding hydrogens is 243 g/mol. The summed E-state index contributed by atoms with van der Waals surface area (Å²) in [5.74, 6) is 0. The SMILES string of the molecule is N#CC1(CC(O)C(F)(F)F)Cc2ccccc2C1. The largest absolute Gasteiger partial charge is 0.414 e. The molecule has 0 fully saturated rings. The van der Waals surface area contributed by atoms with Crippen molar-refractivity contribution in [3.05, 3.63) is 35.4 Å². The van der Waals surface area contributed by atoms with Gasteiger partial charge < -0.3 is 5.11 Å². The van der Waals surface area contributed by atoms with E-state index in [-0.39, 0.29) is 12.8 Å². The fourth-order valence-corrected chi connectivity index (χ4v) is 2.45. The number of nitriles is 1. The van der Waals surface area contributed by atoms with E-state index in [9.17, 15) is 18.4 Å². The molecule has 0 saturated heterocycles. The highest BCUT2D eigenvalue weighted by atomic mass is 19.4. The van der Waals surface area contributed by atoms with E-state index in [0.29, 0.717) is 0 Å². The van der Waals surface area contributed by atoms with Crippen molar-refractivity contribution in [2.45, 2.75) is 31.5 Å². The summed E-state index contributed by atoms with van der Waals surface area (Å²) in [4.78, 5) is 0. The monoisotopic (exact) mass is 255 g/mol. The fourth-order valence-electron chi connectivity index (χ4n) is 2.45. The van der Waals surface area contributed by atoms with Crippen molar-refractivity contribution in [3.8, 4) is 6.07 Å². The molecule has 2 rings (SSSR count). The van der Waals surface area contributed by atoms with Gasteiger partial charge in [-0.2, -0.15) is 18.4 Å². The van der Waals surface area contributed by atoms with E-state index >= 15 is 0 Å². The van der Waals surface area contributed by atoms with Crippen LogP contribution in [-0.4, -0.2) is 17.4 Å². The van der Waals surface area contributed by atoms with E-state index in [0.717, 1.165) is 11.1 Å². The molecule has 1 unspecified atom stereocenters. The Morgan fingerprint density at radius 2 is 1.78 bits per heavy atom. The van der Waals surface area contributed by atoms with Crippen molar-refractivity contribution in [1.29, 1.82) is 5.26 Å². The molecule has 1 aromatic carbocycles. The molecule has 96 valence electrons. The van der Waals surface area contributed by atoms with Gasteiger partial charge in [-0.3, -0.25) is 0 Å². The van der Waals surface area contributed by atoms with E-state index in [2.05, 4.69) is 0 Å². The molecule has 1 aliphatic rings. The van der Waals surface area contributed by atoms with Crippen molar-refractivity contribution >= 4 is 0 Å². The molecule has 0 heterocycles. The van der Waals surface area contributed by atoms with Gasteiger partial charge >= 0.3 is 6.18 Å². The number of alkyl halides is 3. The van der Waals surface area contributed by atoms with Crippen LogP contribution in [0.3, 0.4) is 0 Å². The maximum absolute atomic E-state index is 12.4. The fraction of sp³-hybridized carbons (Fsp3) is 0.462. The summed E-state index contributed by atoms with van der Waals surface area (Å²) < 4.78 is 37.1. The number of hydrogen-bond acceptors (Lipinski definition) is 2. The molecule has 1 aliphatic carbocycles. The Labute approximate surface area is 103 Å². The maximum atomic E-state index is 12.4. The molecule has 0 radical (unpaired) electrons. The molecule has 0 saturated carbocycles. The van der Waals surface area contributed by atoms with Gasteiger partial charge in [-0.1, -0.05) is 24.3 Å². The van der Waals surface area contributed by atoms with Crippen LogP contribution in [0.2, 0.25) is 0 Å². The third-order valence-corrected chi connectivity index (χ3v) is 3.38. The van der Waals surface area contributed by atoms with Gasteiger partial charge in [0.25, 0.3) is 0 Å². The highest BCUT2D eigenvalue weighted by molar-refractivity contribution is 5.37. The van der Waals surface area contributed by atoms with Crippen LogP contribution in [0.1, 0.15) is 17.5 Å². The summed E-state index contributed by atoms with van der Waals surface area (Å²) in [7, 11) is 0. The number of aliphatic hydroxyl groups excluding tert-OH is 1. The summed E-state index contributed by atoms with van der Waals surface area (Å²) >= 11 is 0. The van der Waals surface area contributed by atoms with Crippen molar-refractivity contribution in [3.63, 3.8) is 0 Å². The van der Waals surface area contributed by atoms with E-state index in [4.69, 9.17) is 5.11 Å². The van der Waals surface area contributed by atoms with Crippen molar-refractivity contribution in [1.82, 2.24) is 0 Å². The molecule has 5 heteroatoms. The third-order valence-electron chi connectivity index (χ3n) is 3.38. The smallest absolute Gasteiger partial charge is 0.384 e. The molecular formula is C13H12F3NO. The van der Waals surface area contributed by atoms with Gasteiger partial charge in [-0.25, -0.2) is 0 Å². The lowest BCUT2D eigenvalue weighted by Gasteiger charge is -2.25. The average molecular weight is 255 g/mol. The van der Waals surface area contributed by atoms with Crippen LogP contribution in [0.4, 0.5) is 13.2 Å². The summed E-state index contributed by atoms with van der Waals surface area (Å²) in [5.41, 5.74) is 0.653. The van der Waals surface area contributed by atoms with Crippen LogP contribution >= 0.6 is 0 Å². The Kier molecular flexibility index (Phi) is 3.07. The lowest BCUT2D eigenvalue weighted by atomic mass is 9.81. The molecule has 0 bridgehead atoms. The van der Waals surface area contributed by atoms with Crippen LogP contribution in [-0.2, 0) is 12.8 Å². The minimum Gasteiger partial charge on any atom is -0.384 e. The van der Waals surface area contributed by atoms with Crippen molar-refractivity contribution < 1.29 is 18.3 Å². The molecule has 2 nitrogen and oxygen atoms in total. The van der Waals surface area contributed by atoms with Crippen LogP contribution in [0.25, 0.3) is 0 Å². The van der Waals surface area contributed by atoms with E-state index in [1.807, 2.05) is 18.2 Å². The van der Waals surface area contributed by atoms with E-state index < -0.39 is 24.1 Å². The zero-order valence-electron chi connectivity index (χ0n) is 9.54. The van der Waals surface area contributed by atoms with Gasteiger partial charge in [0.05, 0.1) is 11.5 Å². The minimum absolute atomic E-state index is 0.271. The quantitative estimate of drug-likeness (QED) is 0.882. The highest BCUT2D eigenvalue weighted by Gasteiger charge is 2.47. The third kappa shape index (κ3) is 2.34. The van der Waals surface area contributed by atoms with Gasteiger partial charge in [0.1, 0.15) is 0 Å². The zero-order valence-corrected chi connectivity index (χ0v) is 9.54. The first kappa shape index (κ1) is 12.9.